The van der Waals surface area contributed by atoms with Crippen LogP contribution in [0.1, 0.15) is 43.2 Å². The molecule has 2 N–H and O–H groups in total. The van der Waals surface area contributed by atoms with Crippen LogP contribution in [0.5, 0.6) is 0 Å². The Balaban J connectivity index is 0.00000228. The van der Waals surface area contributed by atoms with Crippen molar-refractivity contribution in [1.82, 2.24) is 19.9 Å². The summed E-state index contributed by atoms with van der Waals surface area (Å²) in [4.78, 5) is 41.1. The number of nitrogens with zero attached hydrogens (tertiary/aromatic N) is 4. The van der Waals surface area contributed by atoms with Crippen LogP contribution in [0.25, 0.3) is 33.8 Å². The molecular formula is C24H16KN4O4+. The van der Waals surface area contributed by atoms with Crippen molar-refractivity contribution in [2.45, 2.75) is 25.7 Å². The molecule has 2 aliphatic carbocycles. The van der Waals surface area contributed by atoms with Gasteiger partial charge in [0.25, 0.3) is 0 Å². The SMILES string of the molecule is O=C(O)c1ccc2c(n1)-c1nc3nc4c(cc3cc1CC2)CCc1ccc(C(=O)O)nc1-4.[K+]. The quantitative estimate of drug-likeness (QED) is 0.408. The Bertz CT molecular complexity index is 1390. The summed E-state index contributed by atoms with van der Waals surface area (Å²) < 4.78 is 0. The van der Waals surface area contributed by atoms with Gasteiger partial charge >= 0.3 is 63.3 Å². The summed E-state index contributed by atoms with van der Waals surface area (Å²) in [5, 5.41) is 19.6. The molecular weight excluding hydrogens is 447 g/mol. The first-order valence-corrected chi connectivity index (χ1v) is 10.3. The molecule has 9 heteroatoms. The molecule has 0 saturated carbocycles. The molecule has 0 amide bonds. The molecule has 0 aliphatic heterocycles. The summed E-state index contributed by atoms with van der Waals surface area (Å²) in [7, 11) is 0. The third-order valence-corrected chi connectivity index (χ3v) is 6.13. The molecule has 0 fully saturated rings. The van der Waals surface area contributed by atoms with E-state index in [1.807, 2.05) is 0 Å². The number of carboxylic acid groups (broad SMARTS) is 2. The van der Waals surface area contributed by atoms with E-state index in [0.29, 0.717) is 28.4 Å². The summed E-state index contributed by atoms with van der Waals surface area (Å²) in [6.07, 6.45) is 3.14. The Kier molecular flexibility index (Phi) is 5.62. The smallest absolute Gasteiger partial charge is 0.477 e. The van der Waals surface area contributed by atoms with Crippen molar-refractivity contribution in [3.05, 3.63) is 70.0 Å². The fourth-order valence-corrected chi connectivity index (χ4v) is 4.55. The molecule has 8 nitrogen and oxygen atoms in total. The summed E-state index contributed by atoms with van der Waals surface area (Å²) >= 11 is 0. The molecule has 0 radical (unpaired) electrons. The van der Waals surface area contributed by atoms with E-state index < -0.39 is 11.9 Å². The number of carbonyl (C=O) groups is 2. The Morgan fingerprint density at radius 3 is 1.42 bits per heavy atom. The van der Waals surface area contributed by atoms with Crippen molar-refractivity contribution < 1.29 is 71.2 Å². The van der Waals surface area contributed by atoms with Gasteiger partial charge in [0.2, 0.25) is 0 Å². The molecule has 6 rings (SSSR count). The Labute approximate surface area is 230 Å². The van der Waals surface area contributed by atoms with Crippen LogP contribution in [0.3, 0.4) is 0 Å². The normalized spacial score (nSPS) is 13.2. The molecule has 2 aliphatic rings. The van der Waals surface area contributed by atoms with Gasteiger partial charge in [0.15, 0.2) is 5.65 Å². The number of fused-ring (bicyclic) bond motifs is 7. The van der Waals surface area contributed by atoms with Crippen LogP contribution in [0, 0.1) is 0 Å². The minimum atomic E-state index is -1.08. The zero-order valence-electron chi connectivity index (χ0n) is 17.8. The van der Waals surface area contributed by atoms with E-state index in [1.54, 1.807) is 12.1 Å². The zero-order chi connectivity index (χ0) is 22.0. The number of aromatic carboxylic acids is 2. The topological polar surface area (TPSA) is 126 Å². The monoisotopic (exact) mass is 463 g/mol. The van der Waals surface area contributed by atoms with Crippen LogP contribution >= 0.6 is 0 Å². The molecule has 0 spiro atoms. The van der Waals surface area contributed by atoms with Crippen molar-refractivity contribution >= 4 is 23.0 Å². The van der Waals surface area contributed by atoms with Gasteiger partial charge in [-0.05, 0) is 72.2 Å². The summed E-state index contributed by atoms with van der Waals surface area (Å²) in [5.74, 6) is -2.16. The maximum Gasteiger partial charge on any atom is 1.00 e. The number of aryl methyl sites for hydroxylation is 4. The Morgan fingerprint density at radius 2 is 1.00 bits per heavy atom. The molecule has 4 heterocycles. The molecule has 4 aromatic heterocycles. The second-order valence-corrected chi connectivity index (χ2v) is 8.06. The van der Waals surface area contributed by atoms with Gasteiger partial charge in [-0.25, -0.2) is 29.5 Å². The molecule has 4 aromatic rings. The second-order valence-electron chi connectivity index (χ2n) is 8.06. The molecule has 33 heavy (non-hydrogen) atoms. The van der Waals surface area contributed by atoms with E-state index >= 15 is 0 Å². The molecule has 0 aromatic carbocycles. The first-order valence-electron chi connectivity index (χ1n) is 10.3. The number of pyridine rings is 4. The van der Waals surface area contributed by atoms with Gasteiger partial charge in [-0.2, -0.15) is 0 Å². The van der Waals surface area contributed by atoms with E-state index in [2.05, 4.69) is 22.1 Å². The van der Waals surface area contributed by atoms with Gasteiger partial charge in [-0.3, -0.25) is 0 Å². The fraction of sp³-hybridized carbons (Fsp3) is 0.167. The number of hydrogen-bond donors (Lipinski definition) is 2. The average Bonchev–Trinajstić information content (AvgIpc) is 2.80. The minimum absolute atomic E-state index is 0. The maximum atomic E-state index is 11.4. The van der Waals surface area contributed by atoms with Gasteiger partial charge in [0.1, 0.15) is 11.4 Å². The van der Waals surface area contributed by atoms with E-state index in [0.717, 1.165) is 53.3 Å². The van der Waals surface area contributed by atoms with Crippen molar-refractivity contribution in [3.8, 4) is 22.8 Å². The van der Waals surface area contributed by atoms with Crippen molar-refractivity contribution in [2.75, 3.05) is 0 Å². The first-order chi connectivity index (χ1) is 15.5. The number of carboxylic acids is 2. The van der Waals surface area contributed by atoms with E-state index in [1.165, 1.54) is 12.1 Å². The molecule has 156 valence electrons. The van der Waals surface area contributed by atoms with Crippen LogP contribution in [0.4, 0.5) is 0 Å². The average molecular weight is 464 g/mol. The molecule has 0 unspecified atom stereocenters. The number of hydrogen-bond acceptors (Lipinski definition) is 6. The van der Waals surface area contributed by atoms with Gasteiger partial charge in [0, 0.05) is 5.39 Å². The van der Waals surface area contributed by atoms with Crippen LogP contribution in [0.2, 0.25) is 0 Å². The summed E-state index contributed by atoms with van der Waals surface area (Å²) in [6, 6.07) is 10.7. The summed E-state index contributed by atoms with van der Waals surface area (Å²) in [6.45, 7) is 0. The van der Waals surface area contributed by atoms with Gasteiger partial charge in [-0.1, -0.05) is 12.1 Å². The maximum absolute atomic E-state index is 11.4. The minimum Gasteiger partial charge on any atom is -0.477 e. The molecule has 0 atom stereocenters. The van der Waals surface area contributed by atoms with Gasteiger partial charge in [-0.15, -0.1) is 0 Å². The van der Waals surface area contributed by atoms with Crippen LogP contribution in [-0.4, -0.2) is 42.1 Å². The van der Waals surface area contributed by atoms with E-state index in [9.17, 15) is 19.8 Å². The number of aromatic nitrogens is 4. The predicted molar refractivity (Wildman–Crippen MR) is 115 cm³/mol. The van der Waals surface area contributed by atoms with Crippen LogP contribution in [-0.2, 0) is 25.7 Å². The number of rotatable bonds is 2. The summed E-state index contributed by atoms with van der Waals surface area (Å²) in [5.41, 5.74) is 6.90. The standard InChI is InChI=1S/C24H16N4O4.K/c29-23(30)16-7-5-11-1-3-13-9-15-10-14-4-2-12-6-8-17(24(31)32)26-19(12)21(14)28-22(15)27-20(13)18(11)25-16;/h5-10H,1-4H2,(H,29,30)(H,31,32);/q;+1. The van der Waals surface area contributed by atoms with Crippen molar-refractivity contribution in [3.63, 3.8) is 0 Å². The molecule has 0 saturated heterocycles. The first kappa shape index (κ1) is 22.2. The van der Waals surface area contributed by atoms with E-state index in [-0.39, 0.29) is 62.8 Å². The van der Waals surface area contributed by atoms with Crippen molar-refractivity contribution in [1.29, 1.82) is 0 Å². The van der Waals surface area contributed by atoms with Crippen LogP contribution < -0.4 is 51.4 Å². The third-order valence-electron chi connectivity index (χ3n) is 6.13. The predicted octanol–water partition coefficient (Wildman–Crippen LogP) is 0.351. The second kappa shape index (κ2) is 8.34. The third kappa shape index (κ3) is 3.70. The van der Waals surface area contributed by atoms with Gasteiger partial charge in [0.05, 0.1) is 22.8 Å². The fourth-order valence-electron chi connectivity index (χ4n) is 4.55. The Hall–Kier alpha value is -2.56. The van der Waals surface area contributed by atoms with Crippen molar-refractivity contribution in [2.24, 2.45) is 0 Å². The molecule has 0 bridgehead atoms. The Morgan fingerprint density at radius 1 is 0.606 bits per heavy atom. The van der Waals surface area contributed by atoms with Gasteiger partial charge < -0.3 is 10.2 Å². The largest absolute Gasteiger partial charge is 1.00 e. The zero-order valence-corrected chi connectivity index (χ0v) is 20.9. The van der Waals surface area contributed by atoms with E-state index in [4.69, 9.17) is 9.97 Å². The van der Waals surface area contributed by atoms with Crippen LogP contribution in [0.15, 0.2) is 36.4 Å².